The summed E-state index contributed by atoms with van der Waals surface area (Å²) in [7, 11) is 0. The quantitative estimate of drug-likeness (QED) is 0.199. The molecule has 0 saturated carbocycles. The third-order valence-corrected chi connectivity index (χ3v) is 12.7. The minimum Gasteiger partial charge on any atom is -0.342 e. The first-order valence-corrected chi connectivity index (χ1v) is 19.6. The van der Waals surface area contributed by atoms with E-state index in [2.05, 4.69) is 33.4 Å². The number of rotatable bonds is 14. The summed E-state index contributed by atoms with van der Waals surface area (Å²) in [6, 6.07) is 0.728. The van der Waals surface area contributed by atoms with E-state index in [1.807, 2.05) is 27.7 Å². The van der Waals surface area contributed by atoms with E-state index in [1.54, 1.807) is 0 Å². The molecule has 0 aliphatic carbocycles. The minimum absolute atomic E-state index is 0.138. The van der Waals surface area contributed by atoms with Gasteiger partial charge in [0.05, 0.1) is 0 Å². The van der Waals surface area contributed by atoms with E-state index in [1.165, 1.54) is 123 Å². The van der Waals surface area contributed by atoms with Crippen LogP contribution in [-0.4, -0.2) is 96.4 Å². The van der Waals surface area contributed by atoms with Crippen LogP contribution in [0.15, 0.2) is 0 Å². The van der Waals surface area contributed by atoms with Gasteiger partial charge in [-0.25, -0.2) is 0 Å². The van der Waals surface area contributed by atoms with Crippen molar-refractivity contribution in [2.75, 3.05) is 58.9 Å². The fraction of sp³-hybridized carbons (Fsp3) is 0.949. The van der Waals surface area contributed by atoms with E-state index in [4.69, 9.17) is 0 Å². The molecule has 2 amide bonds. The number of amides is 2. The van der Waals surface area contributed by atoms with Crippen molar-refractivity contribution in [3.8, 4) is 0 Å². The summed E-state index contributed by atoms with van der Waals surface area (Å²) >= 11 is 0. The maximum Gasteiger partial charge on any atom is 0.225 e. The van der Waals surface area contributed by atoms with Gasteiger partial charge < -0.3 is 19.6 Å². The number of hydrogen-bond acceptors (Lipinski definition) is 4. The van der Waals surface area contributed by atoms with Crippen LogP contribution < -0.4 is 0 Å². The van der Waals surface area contributed by atoms with E-state index in [0.717, 1.165) is 61.8 Å². The molecular weight excluding hydrogens is 556 g/mol. The second-order valence-corrected chi connectivity index (χ2v) is 16.6. The van der Waals surface area contributed by atoms with Crippen LogP contribution in [0.25, 0.3) is 0 Å². The minimum atomic E-state index is 0.138. The van der Waals surface area contributed by atoms with Gasteiger partial charge in [-0.05, 0) is 146 Å². The van der Waals surface area contributed by atoms with Crippen LogP contribution in [-0.2, 0) is 9.59 Å². The molecule has 2 unspecified atom stereocenters. The summed E-state index contributed by atoms with van der Waals surface area (Å²) < 4.78 is 0. The normalized spacial score (nSPS) is 24.1. The molecule has 0 bridgehead atoms. The zero-order chi connectivity index (χ0) is 32.3. The SMILES string of the molecule is CC(C)C(=O)N1CCC(CCCN2CCC(C(C)CCC(C)N3CCC(CCC4CCN(C(=O)C(C)C)CC4)CC3)CC2)CC1. The molecule has 0 aromatic rings. The Hall–Kier alpha value is -1.14. The lowest BCUT2D eigenvalue weighted by atomic mass is 9.81. The van der Waals surface area contributed by atoms with Crippen LogP contribution in [0.1, 0.15) is 131 Å². The number of nitrogens with zero attached hydrogens (tertiary/aromatic N) is 4. The highest BCUT2D eigenvalue weighted by atomic mass is 16.2. The number of hydrogen-bond donors (Lipinski definition) is 0. The predicted molar refractivity (Wildman–Crippen MR) is 188 cm³/mol. The zero-order valence-corrected chi connectivity index (χ0v) is 30.5. The molecule has 0 aromatic heterocycles. The average Bonchev–Trinajstić information content (AvgIpc) is 3.06. The van der Waals surface area contributed by atoms with Crippen molar-refractivity contribution in [2.24, 2.45) is 41.4 Å². The molecule has 4 heterocycles. The topological polar surface area (TPSA) is 47.1 Å². The van der Waals surface area contributed by atoms with Crippen LogP contribution in [0.5, 0.6) is 0 Å². The Labute approximate surface area is 278 Å². The molecule has 4 saturated heterocycles. The molecule has 260 valence electrons. The predicted octanol–water partition coefficient (Wildman–Crippen LogP) is 7.56. The summed E-state index contributed by atoms with van der Waals surface area (Å²) in [6.45, 7) is 23.5. The van der Waals surface area contributed by atoms with Gasteiger partial charge in [0.1, 0.15) is 0 Å². The third kappa shape index (κ3) is 11.5. The van der Waals surface area contributed by atoms with Crippen LogP contribution in [0.2, 0.25) is 0 Å². The summed E-state index contributed by atoms with van der Waals surface area (Å²) in [5.41, 5.74) is 0. The van der Waals surface area contributed by atoms with E-state index < -0.39 is 0 Å². The average molecular weight is 629 g/mol. The second kappa shape index (κ2) is 18.4. The summed E-state index contributed by atoms with van der Waals surface area (Å²) in [6.07, 6.45) is 18.6. The Morgan fingerprint density at radius 1 is 0.556 bits per heavy atom. The van der Waals surface area contributed by atoms with E-state index in [0.29, 0.717) is 11.8 Å². The van der Waals surface area contributed by atoms with Gasteiger partial charge in [0.15, 0.2) is 0 Å². The Balaban J connectivity index is 1.01. The number of likely N-dealkylation sites (tertiary alicyclic amines) is 4. The zero-order valence-electron chi connectivity index (χ0n) is 30.5. The maximum absolute atomic E-state index is 12.3. The molecule has 2 atom stereocenters. The number of piperidine rings is 4. The van der Waals surface area contributed by atoms with Gasteiger partial charge in [0, 0.05) is 44.1 Å². The molecule has 0 radical (unpaired) electrons. The lowest BCUT2D eigenvalue weighted by Gasteiger charge is -2.39. The summed E-state index contributed by atoms with van der Waals surface area (Å²) in [4.78, 5) is 34.3. The Morgan fingerprint density at radius 3 is 1.47 bits per heavy atom. The van der Waals surface area contributed by atoms with Crippen LogP contribution in [0.4, 0.5) is 0 Å². The van der Waals surface area contributed by atoms with Gasteiger partial charge in [-0.2, -0.15) is 0 Å². The highest BCUT2D eigenvalue weighted by molar-refractivity contribution is 5.78. The monoisotopic (exact) mass is 629 g/mol. The fourth-order valence-corrected chi connectivity index (χ4v) is 9.04. The fourth-order valence-electron chi connectivity index (χ4n) is 9.04. The van der Waals surface area contributed by atoms with E-state index in [9.17, 15) is 9.59 Å². The molecule has 0 spiro atoms. The van der Waals surface area contributed by atoms with Crippen molar-refractivity contribution in [3.05, 3.63) is 0 Å². The van der Waals surface area contributed by atoms with Crippen molar-refractivity contribution < 1.29 is 9.59 Å². The molecule has 4 aliphatic heterocycles. The summed E-state index contributed by atoms with van der Waals surface area (Å²) in [5, 5.41) is 0. The van der Waals surface area contributed by atoms with Gasteiger partial charge in [0.2, 0.25) is 11.8 Å². The molecule has 6 nitrogen and oxygen atoms in total. The smallest absolute Gasteiger partial charge is 0.225 e. The van der Waals surface area contributed by atoms with Crippen molar-refractivity contribution in [1.29, 1.82) is 0 Å². The Kier molecular flexibility index (Phi) is 15.0. The van der Waals surface area contributed by atoms with Crippen molar-refractivity contribution in [2.45, 2.75) is 137 Å². The molecule has 4 rings (SSSR count). The number of carbonyl (C=O) groups is 2. The second-order valence-electron chi connectivity index (χ2n) is 16.6. The largest absolute Gasteiger partial charge is 0.342 e. The number of carbonyl (C=O) groups excluding carboxylic acids is 2. The first-order chi connectivity index (χ1) is 21.6. The van der Waals surface area contributed by atoms with E-state index in [-0.39, 0.29) is 11.8 Å². The molecule has 0 aromatic carbocycles. The summed E-state index contributed by atoms with van der Waals surface area (Å²) in [5.74, 6) is 5.32. The lowest BCUT2D eigenvalue weighted by Crippen LogP contribution is -2.41. The molecule has 4 fully saturated rings. The highest BCUT2D eigenvalue weighted by Gasteiger charge is 2.29. The van der Waals surface area contributed by atoms with Crippen LogP contribution in [0.3, 0.4) is 0 Å². The van der Waals surface area contributed by atoms with Gasteiger partial charge in [0.25, 0.3) is 0 Å². The van der Waals surface area contributed by atoms with Gasteiger partial charge >= 0.3 is 0 Å². The van der Waals surface area contributed by atoms with E-state index >= 15 is 0 Å². The molecule has 4 aliphatic rings. The molecular formula is C39H72N4O2. The van der Waals surface area contributed by atoms with Crippen molar-refractivity contribution >= 4 is 11.8 Å². The van der Waals surface area contributed by atoms with Crippen LogP contribution in [0, 0.1) is 41.4 Å². The van der Waals surface area contributed by atoms with Crippen molar-refractivity contribution in [1.82, 2.24) is 19.6 Å². The van der Waals surface area contributed by atoms with Gasteiger partial charge in [-0.3, -0.25) is 9.59 Å². The van der Waals surface area contributed by atoms with Crippen molar-refractivity contribution in [3.63, 3.8) is 0 Å². The maximum atomic E-state index is 12.3. The lowest BCUT2D eigenvalue weighted by molar-refractivity contribution is -0.136. The Morgan fingerprint density at radius 2 is 1.00 bits per heavy atom. The van der Waals surface area contributed by atoms with Gasteiger partial charge in [-0.1, -0.05) is 47.5 Å². The first-order valence-electron chi connectivity index (χ1n) is 19.6. The highest BCUT2D eigenvalue weighted by Crippen LogP contribution is 2.32. The third-order valence-electron chi connectivity index (χ3n) is 12.7. The van der Waals surface area contributed by atoms with Gasteiger partial charge in [-0.15, -0.1) is 0 Å². The molecule has 45 heavy (non-hydrogen) atoms. The first kappa shape index (κ1) is 36.7. The Bertz CT molecular complexity index is 860. The standard InChI is InChI=1S/C39H72N4O2/c1-30(2)38(44)42-26-15-34(16-27-42)8-7-21-40-22-19-37(20-23-40)32(5)9-10-33(6)41-24-13-35(14-25-41)11-12-36-17-28-43(29-18-36)39(45)31(3)4/h30-37H,7-29H2,1-6H3. The molecule has 6 heteroatoms. The molecule has 0 N–H and O–H groups in total. The van der Waals surface area contributed by atoms with Crippen LogP contribution >= 0.6 is 0 Å².